The van der Waals surface area contributed by atoms with E-state index < -0.39 is 0 Å². The number of methoxy groups -OCH3 is 2. The molecule has 1 atom stereocenters. The van der Waals surface area contributed by atoms with E-state index in [1.54, 1.807) is 32.2 Å². The van der Waals surface area contributed by atoms with Crippen LogP contribution in [-0.4, -0.2) is 38.0 Å². The van der Waals surface area contributed by atoms with E-state index in [4.69, 9.17) is 9.47 Å². The van der Waals surface area contributed by atoms with Gasteiger partial charge in [0.05, 0.1) is 26.4 Å². The molecule has 2 N–H and O–H groups in total. The van der Waals surface area contributed by atoms with Gasteiger partial charge in [0.2, 0.25) is 11.8 Å². The number of ether oxygens (including phenoxy) is 2. The van der Waals surface area contributed by atoms with E-state index in [2.05, 4.69) is 21.1 Å². The van der Waals surface area contributed by atoms with Gasteiger partial charge in [-0.3, -0.25) is 9.59 Å². The minimum absolute atomic E-state index is 0.176. The summed E-state index contributed by atoms with van der Waals surface area (Å²) < 4.78 is 10.5. The van der Waals surface area contributed by atoms with Gasteiger partial charge in [-0.1, -0.05) is 6.07 Å². The van der Waals surface area contributed by atoms with Crippen molar-refractivity contribution in [2.24, 2.45) is 16.1 Å². The second-order valence-corrected chi connectivity index (χ2v) is 5.20. The number of para-hydroxylation sites is 1. The smallest absolute Gasteiger partial charge is 0.248 e. The molecule has 0 fully saturated rings. The lowest BCUT2D eigenvalue weighted by molar-refractivity contribution is -0.123. The lowest BCUT2D eigenvalue weighted by Gasteiger charge is -2.09. The van der Waals surface area contributed by atoms with Crippen molar-refractivity contribution in [3.63, 3.8) is 0 Å². The summed E-state index contributed by atoms with van der Waals surface area (Å²) in [7, 11) is 3.08. The fraction of sp³-hybridized carbons (Fsp3) is 0.375. The lowest BCUT2D eigenvalue weighted by Crippen LogP contribution is -2.25. The van der Waals surface area contributed by atoms with Crippen molar-refractivity contribution in [3.8, 4) is 11.5 Å². The van der Waals surface area contributed by atoms with Crippen LogP contribution < -0.4 is 20.3 Å². The molecule has 8 heteroatoms. The van der Waals surface area contributed by atoms with Crippen molar-refractivity contribution < 1.29 is 19.1 Å². The molecule has 0 aromatic heterocycles. The molecule has 1 aliphatic rings. The van der Waals surface area contributed by atoms with E-state index in [1.165, 1.54) is 13.3 Å². The van der Waals surface area contributed by atoms with Gasteiger partial charge in [0.1, 0.15) is 0 Å². The Bertz CT molecular complexity index is 685. The molecule has 0 saturated carbocycles. The number of amides is 2. The van der Waals surface area contributed by atoms with E-state index in [1.807, 2.05) is 0 Å². The third-order valence-corrected chi connectivity index (χ3v) is 3.65. The van der Waals surface area contributed by atoms with E-state index in [9.17, 15) is 9.59 Å². The Labute approximate surface area is 139 Å². The molecule has 0 unspecified atom stereocenters. The summed E-state index contributed by atoms with van der Waals surface area (Å²) in [6, 6.07) is 5.36. The summed E-state index contributed by atoms with van der Waals surface area (Å²) in [5, 5.41) is 7.76. The van der Waals surface area contributed by atoms with Crippen LogP contribution in [0.25, 0.3) is 0 Å². The van der Waals surface area contributed by atoms with Gasteiger partial charge in [0.25, 0.3) is 0 Å². The van der Waals surface area contributed by atoms with Crippen LogP contribution in [0, 0.1) is 5.92 Å². The van der Waals surface area contributed by atoms with Crippen LogP contribution in [0.15, 0.2) is 28.4 Å². The fourth-order valence-corrected chi connectivity index (χ4v) is 2.35. The molecule has 8 nitrogen and oxygen atoms in total. The number of nitrogens with zero attached hydrogens (tertiary/aromatic N) is 2. The van der Waals surface area contributed by atoms with Gasteiger partial charge < -0.3 is 9.47 Å². The molecular weight excluding hydrogens is 312 g/mol. The minimum atomic E-state index is -0.349. The van der Waals surface area contributed by atoms with Crippen LogP contribution in [0.1, 0.15) is 25.3 Å². The highest BCUT2D eigenvalue weighted by Crippen LogP contribution is 2.29. The summed E-state index contributed by atoms with van der Waals surface area (Å²) in [6.07, 6.45) is 2.05. The first-order valence-corrected chi connectivity index (χ1v) is 7.43. The predicted molar refractivity (Wildman–Crippen MR) is 89.3 cm³/mol. The Kier molecular flexibility index (Phi) is 5.89. The van der Waals surface area contributed by atoms with Crippen molar-refractivity contribution in [3.05, 3.63) is 23.8 Å². The molecule has 128 valence electrons. The highest BCUT2D eigenvalue weighted by Gasteiger charge is 2.26. The second-order valence-electron chi connectivity index (χ2n) is 5.20. The largest absolute Gasteiger partial charge is 0.493 e. The molecule has 0 spiro atoms. The molecule has 1 aromatic carbocycles. The Morgan fingerprint density at radius 1 is 1.42 bits per heavy atom. The Balaban J connectivity index is 1.89. The minimum Gasteiger partial charge on any atom is -0.493 e. The monoisotopic (exact) mass is 332 g/mol. The van der Waals surface area contributed by atoms with Crippen molar-refractivity contribution in [1.29, 1.82) is 0 Å². The zero-order valence-corrected chi connectivity index (χ0v) is 13.8. The summed E-state index contributed by atoms with van der Waals surface area (Å²) in [5.74, 6) is 0.311. The average molecular weight is 332 g/mol. The van der Waals surface area contributed by atoms with Crippen molar-refractivity contribution in [1.82, 2.24) is 10.9 Å². The molecule has 1 heterocycles. The van der Waals surface area contributed by atoms with Crippen LogP contribution in [-0.2, 0) is 9.59 Å². The standard InChI is InChI=1S/C16H20N4O4/c1-10-12(16(22)20-18-10)7-8-14(21)19-17-9-11-5-4-6-13(23-2)15(11)24-3/h4-6,9,12H,7-8H2,1-3H3,(H,19,21)(H,20,22)/b17-9-/t12-/m1/s1. The Morgan fingerprint density at radius 3 is 2.83 bits per heavy atom. The summed E-state index contributed by atoms with van der Waals surface area (Å²) in [5.41, 5.74) is 6.20. The Morgan fingerprint density at radius 2 is 2.21 bits per heavy atom. The highest BCUT2D eigenvalue weighted by molar-refractivity contribution is 6.07. The quantitative estimate of drug-likeness (QED) is 0.576. The van der Waals surface area contributed by atoms with Gasteiger partial charge in [-0.15, -0.1) is 0 Å². The number of hydrogen-bond acceptors (Lipinski definition) is 6. The Hall–Kier alpha value is -2.90. The first-order valence-electron chi connectivity index (χ1n) is 7.43. The van der Waals surface area contributed by atoms with E-state index in [-0.39, 0.29) is 24.2 Å². The first-order chi connectivity index (χ1) is 11.6. The van der Waals surface area contributed by atoms with Gasteiger partial charge in [-0.25, -0.2) is 10.9 Å². The van der Waals surface area contributed by atoms with Crippen LogP contribution in [0.2, 0.25) is 0 Å². The molecule has 2 amide bonds. The molecule has 0 aliphatic carbocycles. The SMILES string of the molecule is COc1cccc(/C=N\NC(=O)CC[C@H]2C(=O)NN=C2C)c1OC. The molecule has 0 radical (unpaired) electrons. The molecule has 0 saturated heterocycles. The lowest BCUT2D eigenvalue weighted by atomic mass is 9.99. The normalized spacial score (nSPS) is 16.7. The maximum Gasteiger partial charge on any atom is 0.248 e. The third-order valence-electron chi connectivity index (χ3n) is 3.65. The van der Waals surface area contributed by atoms with Gasteiger partial charge >= 0.3 is 0 Å². The van der Waals surface area contributed by atoms with Gasteiger partial charge in [0.15, 0.2) is 11.5 Å². The number of nitrogens with one attached hydrogen (secondary N) is 2. The molecular formula is C16H20N4O4. The zero-order chi connectivity index (χ0) is 17.5. The van der Waals surface area contributed by atoms with Crippen molar-refractivity contribution >= 4 is 23.7 Å². The van der Waals surface area contributed by atoms with E-state index in [0.717, 1.165) is 0 Å². The number of carbonyl (C=O) groups is 2. The van der Waals surface area contributed by atoms with Gasteiger partial charge in [-0.05, 0) is 25.5 Å². The number of hydrogen-bond donors (Lipinski definition) is 2. The first kappa shape index (κ1) is 17.5. The molecule has 0 bridgehead atoms. The third kappa shape index (κ3) is 4.09. The van der Waals surface area contributed by atoms with Gasteiger partial charge in [-0.2, -0.15) is 10.2 Å². The number of benzene rings is 1. The molecule has 1 aromatic rings. The van der Waals surface area contributed by atoms with Gasteiger partial charge in [0, 0.05) is 17.7 Å². The maximum atomic E-state index is 11.8. The molecule has 1 aliphatic heterocycles. The maximum absolute atomic E-state index is 11.8. The van der Waals surface area contributed by atoms with E-state index in [0.29, 0.717) is 29.2 Å². The number of hydrazone groups is 2. The highest BCUT2D eigenvalue weighted by atomic mass is 16.5. The molecule has 24 heavy (non-hydrogen) atoms. The number of carbonyl (C=O) groups excluding carboxylic acids is 2. The van der Waals surface area contributed by atoms with Crippen LogP contribution in [0.3, 0.4) is 0 Å². The molecule has 2 rings (SSSR count). The zero-order valence-electron chi connectivity index (χ0n) is 13.8. The summed E-state index contributed by atoms with van der Waals surface area (Å²) in [4.78, 5) is 23.3. The van der Waals surface area contributed by atoms with Crippen molar-refractivity contribution in [2.45, 2.75) is 19.8 Å². The van der Waals surface area contributed by atoms with E-state index >= 15 is 0 Å². The number of rotatable bonds is 7. The van der Waals surface area contributed by atoms with Crippen LogP contribution in [0.5, 0.6) is 11.5 Å². The summed E-state index contributed by atoms with van der Waals surface area (Å²) in [6.45, 7) is 1.76. The fourth-order valence-electron chi connectivity index (χ4n) is 2.35. The van der Waals surface area contributed by atoms with Crippen LogP contribution >= 0.6 is 0 Å². The second kappa shape index (κ2) is 8.09. The van der Waals surface area contributed by atoms with Crippen molar-refractivity contribution in [2.75, 3.05) is 14.2 Å². The predicted octanol–water partition coefficient (Wildman–Crippen LogP) is 1.06. The topological polar surface area (TPSA) is 101 Å². The van der Waals surface area contributed by atoms with Crippen LogP contribution in [0.4, 0.5) is 0 Å². The summed E-state index contributed by atoms with van der Waals surface area (Å²) >= 11 is 0. The average Bonchev–Trinajstić information content (AvgIpc) is 2.90.